The van der Waals surface area contributed by atoms with Crippen LogP contribution in [0.3, 0.4) is 0 Å². The lowest BCUT2D eigenvalue weighted by atomic mass is 10.1. The number of methoxy groups -OCH3 is 2. The molecule has 0 spiro atoms. The van der Waals surface area contributed by atoms with Crippen molar-refractivity contribution in [1.29, 1.82) is 0 Å². The molecule has 1 N–H and O–H groups in total. The molecule has 0 saturated carbocycles. The molecule has 140 valence electrons. The summed E-state index contributed by atoms with van der Waals surface area (Å²) in [4.78, 5) is 0. The van der Waals surface area contributed by atoms with Crippen LogP contribution in [0.25, 0.3) is 0 Å². The Morgan fingerprint density at radius 3 is 2.33 bits per heavy atom. The van der Waals surface area contributed by atoms with E-state index in [1.165, 1.54) is 5.56 Å². The van der Waals surface area contributed by atoms with Gasteiger partial charge in [-0.25, -0.2) is 0 Å². The lowest BCUT2D eigenvalue weighted by Crippen LogP contribution is -2.05. The van der Waals surface area contributed by atoms with E-state index in [0.717, 1.165) is 34.1 Å². The molecular weight excluding hydrogens is 338 g/mol. The maximum Gasteiger partial charge on any atom is 0.166 e. The minimum Gasteiger partial charge on any atom is -0.497 e. The third kappa shape index (κ3) is 4.94. The zero-order valence-corrected chi connectivity index (χ0v) is 16.0. The van der Waals surface area contributed by atoms with Gasteiger partial charge in [0.25, 0.3) is 0 Å². The van der Waals surface area contributed by atoms with Gasteiger partial charge in [0.05, 0.1) is 14.2 Å². The highest BCUT2D eigenvalue weighted by Crippen LogP contribution is 2.32. The van der Waals surface area contributed by atoms with E-state index >= 15 is 0 Å². The van der Waals surface area contributed by atoms with E-state index in [1.54, 1.807) is 14.2 Å². The molecule has 0 aliphatic carbocycles. The number of aryl methyl sites for hydroxylation is 1. The minimum absolute atomic E-state index is 0.498. The van der Waals surface area contributed by atoms with Crippen molar-refractivity contribution in [1.82, 2.24) is 0 Å². The fraction of sp³-hybridized carbons (Fsp3) is 0.217. The summed E-state index contributed by atoms with van der Waals surface area (Å²) in [6.45, 7) is 3.21. The molecule has 0 aliphatic heterocycles. The monoisotopic (exact) mass is 363 g/mol. The van der Waals surface area contributed by atoms with Crippen LogP contribution in [0.15, 0.2) is 66.7 Å². The molecule has 0 heterocycles. The normalized spacial score (nSPS) is 10.3. The smallest absolute Gasteiger partial charge is 0.166 e. The largest absolute Gasteiger partial charge is 0.497 e. The highest BCUT2D eigenvalue weighted by molar-refractivity contribution is 5.51. The van der Waals surface area contributed by atoms with Crippen molar-refractivity contribution in [3.63, 3.8) is 0 Å². The van der Waals surface area contributed by atoms with E-state index < -0.39 is 0 Å². The number of rotatable bonds is 8. The Bertz CT molecular complexity index is 875. The molecule has 3 rings (SSSR count). The summed E-state index contributed by atoms with van der Waals surface area (Å²) < 4.78 is 16.9. The Morgan fingerprint density at radius 2 is 1.63 bits per heavy atom. The van der Waals surface area contributed by atoms with Crippen molar-refractivity contribution in [2.24, 2.45) is 0 Å². The summed E-state index contributed by atoms with van der Waals surface area (Å²) in [6.07, 6.45) is 0. The fourth-order valence-electron chi connectivity index (χ4n) is 2.89. The average Bonchev–Trinajstić information content (AvgIpc) is 2.71. The second-order valence-corrected chi connectivity index (χ2v) is 6.31. The van der Waals surface area contributed by atoms with Gasteiger partial charge in [-0.15, -0.1) is 0 Å². The van der Waals surface area contributed by atoms with Crippen molar-refractivity contribution >= 4 is 5.69 Å². The molecule has 4 heteroatoms. The molecule has 0 fully saturated rings. The molecule has 0 bridgehead atoms. The molecule has 0 amide bonds. The van der Waals surface area contributed by atoms with E-state index in [9.17, 15) is 0 Å². The summed E-state index contributed by atoms with van der Waals surface area (Å²) in [7, 11) is 3.33. The summed E-state index contributed by atoms with van der Waals surface area (Å²) in [5.74, 6) is 2.34. The first-order valence-electron chi connectivity index (χ1n) is 8.91. The summed E-state index contributed by atoms with van der Waals surface area (Å²) in [5, 5.41) is 3.42. The minimum atomic E-state index is 0.498. The zero-order chi connectivity index (χ0) is 19.1. The van der Waals surface area contributed by atoms with Crippen LogP contribution >= 0.6 is 0 Å². The van der Waals surface area contributed by atoms with E-state index in [2.05, 4.69) is 30.4 Å². The molecule has 0 aliphatic rings. The van der Waals surface area contributed by atoms with Crippen LogP contribution < -0.4 is 19.5 Å². The van der Waals surface area contributed by atoms with Gasteiger partial charge in [-0.05, 0) is 42.8 Å². The number of ether oxygens (including phenoxy) is 3. The van der Waals surface area contributed by atoms with Gasteiger partial charge in [0.1, 0.15) is 12.4 Å². The van der Waals surface area contributed by atoms with Gasteiger partial charge in [-0.2, -0.15) is 0 Å². The molecular formula is C23H25NO3. The maximum atomic E-state index is 6.14. The Kier molecular flexibility index (Phi) is 6.21. The van der Waals surface area contributed by atoms with Gasteiger partial charge in [0, 0.05) is 17.8 Å². The third-order valence-corrected chi connectivity index (χ3v) is 4.32. The maximum absolute atomic E-state index is 6.14. The van der Waals surface area contributed by atoms with Gasteiger partial charge in [-0.3, -0.25) is 0 Å². The van der Waals surface area contributed by atoms with Gasteiger partial charge in [0.15, 0.2) is 11.5 Å². The van der Waals surface area contributed by atoms with E-state index in [-0.39, 0.29) is 0 Å². The van der Waals surface area contributed by atoms with Crippen molar-refractivity contribution in [3.05, 3.63) is 83.4 Å². The van der Waals surface area contributed by atoms with Crippen molar-refractivity contribution in [2.45, 2.75) is 20.1 Å². The van der Waals surface area contributed by atoms with Crippen LogP contribution in [0, 0.1) is 6.92 Å². The number of hydrogen-bond donors (Lipinski definition) is 1. The third-order valence-electron chi connectivity index (χ3n) is 4.32. The lowest BCUT2D eigenvalue weighted by Gasteiger charge is -2.16. The number of para-hydroxylation sites is 1. The Balaban J connectivity index is 1.74. The van der Waals surface area contributed by atoms with Crippen molar-refractivity contribution in [2.75, 3.05) is 19.5 Å². The number of benzene rings is 3. The SMILES string of the molecule is COc1ccc(NCc2cccc(OC)c2OCc2cccc(C)c2)cc1. The van der Waals surface area contributed by atoms with Crippen LogP contribution in [0.4, 0.5) is 5.69 Å². The second-order valence-electron chi connectivity index (χ2n) is 6.31. The highest BCUT2D eigenvalue weighted by Gasteiger charge is 2.11. The molecule has 0 aromatic heterocycles. The van der Waals surface area contributed by atoms with Crippen LogP contribution in [-0.2, 0) is 13.2 Å². The number of nitrogens with one attached hydrogen (secondary N) is 1. The van der Waals surface area contributed by atoms with Crippen molar-refractivity contribution in [3.8, 4) is 17.2 Å². The van der Waals surface area contributed by atoms with Crippen LogP contribution in [-0.4, -0.2) is 14.2 Å². The van der Waals surface area contributed by atoms with Gasteiger partial charge in [-0.1, -0.05) is 42.0 Å². The summed E-state index contributed by atoms with van der Waals surface area (Å²) >= 11 is 0. The zero-order valence-electron chi connectivity index (χ0n) is 16.0. The van der Waals surface area contributed by atoms with Crippen molar-refractivity contribution < 1.29 is 14.2 Å². The van der Waals surface area contributed by atoms with Crippen LogP contribution in [0.2, 0.25) is 0 Å². The predicted octanol–water partition coefficient (Wildman–Crippen LogP) is 5.20. The molecule has 3 aromatic rings. The predicted molar refractivity (Wildman–Crippen MR) is 109 cm³/mol. The quantitative estimate of drug-likeness (QED) is 0.597. The first-order chi connectivity index (χ1) is 13.2. The Morgan fingerprint density at radius 1 is 0.852 bits per heavy atom. The topological polar surface area (TPSA) is 39.7 Å². The Hall–Kier alpha value is -3.14. The Labute approximate surface area is 160 Å². The molecule has 0 saturated heterocycles. The van der Waals surface area contributed by atoms with Crippen LogP contribution in [0.5, 0.6) is 17.2 Å². The fourth-order valence-corrected chi connectivity index (χ4v) is 2.89. The standard InChI is InChI=1S/C23H25NO3/c1-17-6-4-7-18(14-17)16-27-23-19(8-5-9-22(23)26-3)15-24-20-10-12-21(25-2)13-11-20/h4-14,24H,15-16H2,1-3H3. The summed E-state index contributed by atoms with van der Waals surface area (Å²) in [6, 6.07) is 22.1. The first-order valence-corrected chi connectivity index (χ1v) is 8.91. The molecule has 4 nitrogen and oxygen atoms in total. The highest BCUT2D eigenvalue weighted by atomic mass is 16.5. The summed E-state index contributed by atoms with van der Waals surface area (Å²) in [5.41, 5.74) is 4.41. The second kappa shape index (κ2) is 8.99. The van der Waals surface area contributed by atoms with Crippen LogP contribution in [0.1, 0.15) is 16.7 Å². The van der Waals surface area contributed by atoms with E-state index in [1.807, 2.05) is 48.5 Å². The number of anilines is 1. The average molecular weight is 363 g/mol. The molecule has 0 radical (unpaired) electrons. The molecule has 3 aromatic carbocycles. The number of hydrogen-bond acceptors (Lipinski definition) is 4. The lowest BCUT2D eigenvalue weighted by molar-refractivity contribution is 0.281. The van der Waals surface area contributed by atoms with E-state index in [0.29, 0.717) is 13.2 Å². The molecule has 0 atom stereocenters. The van der Waals surface area contributed by atoms with Gasteiger partial charge in [0.2, 0.25) is 0 Å². The van der Waals surface area contributed by atoms with Gasteiger partial charge >= 0.3 is 0 Å². The van der Waals surface area contributed by atoms with Gasteiger partial charge < -0.3 is 19.5 Å². The molecule has 27 heavy (non-hydrogen) atoms. The van der Waals surface area contributed by atoms with E-state index in [4.69, 9.17) is 14.2 Å². The molecule has 0 unspecified atom stereocenters. The first kappa shape index (κ1) is 18.6.